The molecule has 0 fully saturated rings. The van der Waals surface area contributed by atoms with E-state index >= 15 is 0 Å². The van der Waals surface area contributed by atoms with Crippen LogP contribution in [0.2, 0.25) is 0 Å². The zero-order chi connectivity index (χ0) is 14.3. The Balaban J connectivity index is 3.02. The summed E-state index contributed by atoms with van der Waals surface area (Å²) in [6.45, 7) is 1.74. The van der Waals surface area contributed by atoms with Crippen molar-refractivity contribution in [1.29, 1.82) is 5.41 Å². The molecule has 0 amide bonds. The fraction of sp³-hybridized carbons (Fsp3) is 0.167. The quantitative estimate of drug-likeness (QED) is 0.366. The lowest BCUT2D eigenvalue weighted by Gasteiger charge is -1.99. The molecule has 1 aromatic rings. The Morgan fingerprint density at radius 3 is 2.68 bits per heavy atom. The largest absolute Gasteiger partial charge is 0.478 e. The molecule has 98 valence electrons. The van der Waals surface area contributed by atoms with Crippen LogP contribution >= 0.6 is 0 Å². The van der Waals surface area contributed by atoms with Gasteiger partial charge in [0.2, 0.25) is 5.70 Å². The summed E-state index contributed by atoms with van der Waals surface area (Å²) in [5.74, 6) is -0.210. The molecule has 0 saturated heterocycles. The van der Waals surface area contributed by atoms with Gasteiger partial charge in [-0.3, -0.25) is 5.41 Å². The van der Waals surface area contributed by atoms with Crippen molar-refractivity contribution >= 4 is 23.5 Å². The second kappa shape index (κ2) is 6.83. The van der Waals surface area contributed by atoms with Crippen molar-refractivity contribution in [3.63, 3.8) is 0 Å². The highest BCUT2D eigenvalue weighted by molar-refractivity contribution is 5.97. The second-order valence-electron chi connectivity index (χ2n) is 3.22. The molecule has 0 aliphatic carbocycles. The summed E-state index contributed by atoms with van der Waals surface area (Å²) in [4.78, 5) is 22.2. The van der Waals surface area contributed by atoms with E-state index in [0.29, 0.717) is 0 Å². The zero-order valence-electron chi connectivity index (χ0n) is 10.1. The van der Waals surface area contributed by atoms with Gasteiger partial charge in [-0.15, -0.1) is 10.2 Å². The monoisotopic (exact) mass is 261 g/mol. The number of azo groups is 1. The number of hydrogen-bond acceptors (Lipinski definition) is 6. The van der Waals surface area contributed by atoms with Crippen LogP contribution in [0, 0.1) is 5.41 Å². The molecule has 0 saturated carbocycles. The Morgan fingerprint density at radius 1 is 1.42 bits per heavy atom. The van der Waals surface area contributed by atoms with E-state index in [1.54, 1.807) is 24.9 Å². The highest BCUT2D eigenvalue weighted by Gasteiger charge is 2.11. The van der Waals surface area contributed by atoms with Crippen molar-refractivity contribution in [2.75, 3.05) is 6.61 Å². The number of nitrogens with one attached hydrogen (secondary N) is 1. The van der Waals surface area contributed by atoms with Gasteiger partial charge >= 0.3 is 11.9 Å². The molecule has 0 unspecified atom stereocenters. The van der Waals surface area contributed by atoms with Crippen molar-refractivity contribution < 1.29 is 19.4 Å². The van der Waals surface area contributed by atoms with Gasteiger partial charge in [0.15, 0.2) is 0 Å². The number of hydrogen-bond donors (Lipinski definition) is 2. The number of nitrogens with zero attached hydrogens (tertiary/aromatic N) is 2. The fourth-order valence-electron chi connectivity index (χ4n) is 1.16. The smallest absolute Gasteiger partial charge is 0.368 e. The number of aromatic carboxylic acids is 1. The summed E-state index contributed by atoms with van der Waals surface area (Å²) in [5.41, 5.74) is -0.409. The van der Waals surface area contributed by atoms with Crippen LogP contribution in [0.25, 0.3) is 0 Å². The highest BCUT2D eigenvalue weighted by Crippen LogP contribution is 2.19. The number of benzene rings is 1. The van der Waals surface area contributed by atoms with Gasteiger partial charge in [0.05, 0.1) is 12.2 Å². The van der Waals surface area contributed by atoms with Crippen LogP contribution in [0.15, 0.2) is 40.2 Å². The van der Waals surface area contributed by atoms with Gasteiger partial charge in [-0.2, -0.15) is 0 Å². The minimum absolute atomic E-state index is 0.0561. The first-order valence-corrected chi connectivity index (χ1v) is 5.31. The predicted octanol–water partition coefficient (Wildman–Crippen LogP) is 2.16. The summed E-state index contributed by atoms with van der Waals surface area (Å²) >= 11 is 0. The van der Waals surface area contributed by atoms with Gasteiger partial charge in [-0.25, -0.2) is 9.59 Å². The summed E-state index contributed by atoms with van der Waals surface area (Å²) < 4.78 is 4.63. The molecule has 1 rings (SSSR count). The molecule has 0 radical (unpaired) electrons. The van der Waals surface area contributed by atoms with Gasteiger partial charge < -0.3 is 9.84 Å². The number of carboxylic acid groups (broad SMARTS) is 1. The first-order chi connectivity index (χ1) is 9.10. The molecular weight excluding hydrogens is 250 g/mol. The Kier molecular flexibility index (Phi) is 5.13. The van der Waals surface area contributed by atoms with Crippen LogP contribution in [0.5, 0.6) is 0 Å². The van der Waals surface area contributed by atoms with Crippen LogP contribution in [-0.2, 0) is 9.53 Å². The van der Waals surface area contributed by atoms with E-state index in [9.17, 15) is 9.59 Å². The average Bonchev–Trinajstić information content (AvgIpc) is 2.40. The summed E-state index contributed by atoms with van der Waals surface area (Å²) in [5, 5.41) is 22.9. The third-order valence-corrected chi connectivity index (χ3v) is 1.98. The third kappa shape index (κ3) is 3.86. The lowest BCUT2D eigenvalue weighted by Crippen LogP contribution is -2.06. The lowest BCUT2D eigenvalue weighted by molar-refractivity contribution is -0.138. The molecule has 0 spiro atoms. The van der Waals surface area contributed by atoms with E-state index in [1.807, 2.05) is 0 Å². The molecule has 0 aliphatic rings. The van der Waals surface area contributed by atoms with Crippen LogP contribution in [0.3, 0.4) is 0 Å². The first kappa shape index (κ1) is 14.3. The molecule has 7 heteroatoms. The number of carboxylic acids is 1. The molecular formula is C12H11N3O4. The van der Waals surface area contributed by atoms with E-state index in [0.717, 1.165) is 0 Å². The predicted molar refractivity (Wildman–Crippen MR) is 65.8 cm³/mol. The zero-order valence-corrected chi connectivity index (χ0v) is 10.1. The number of ether oxygens (including phenoxy) is 1. The van der Waals surface area contributed by atoms with Gasteiger partial charge in [-0.1, -0.05) is 12.1 Å². The maximum Gasteiger partial charge on any atom is 0.368 e. The van der Waals surface area contributed by atoms with E-state index < -0.39 is 17.6 Å². The van der Waals surface area contributed by atoms with E-state index in [-0.39, 0.29) is 17.9 Å². The first-order valence-electron chi connectivity index (χ1n) is 5.31. The average molecular weight is 261 g/mol. The molecule has 0 bridgehead atoms. The number of rotatable bonds is 5. The van der Waals surface area contributed by atoms with Gasteiger partial charge in [0.1, 0.15) is 5.69 Å². The van der Waals surface area contributed by atoms with Crippen molar-refractivity contribution in [2.24, 2.45) is 10.2 Å². The van der Waals surface area contributed by atoms with Crippen molar-refractivity contribution in [3.8, 4) is 0 Å². The van der Waals surface area contributed by atoms with E-state index in [1.165, 1.54) is 12.1 Å². The summed E-state index contributed by atoms with van der Waals surface area (Å²) in [6, 6.07) is 5.91. The molecule has 7 nitrogen and oxygen atoms in total. The van der Waals surface area contributed by atoms with E-state index in [4.69, 9.17) is 10.5 Å². The Labute approximate surface area is 108 Å². The molecule has 2 N–H and O–H groups in total. The maximum absolute atomic E-state index is 11.3. The van der Waals surface area contributed by atoms with Crippen LogP contribution < -0.4 is 0 Å². The van der Waals surface area contributed by atoms with Gasteiger partial charge in [0.25, 0.3) is 0 Å². The van der Waals surface area contributed by atoms with Crippen LogP contribution in [0.1, 0.15) is 17.3 Å². The minimum atomic E-state index is -1.16. The van der Waals surface area contributed by atoms with E-state index in [2.05, 4.69) is 15.0 Å². The standard InChI is InChI=1S/C12H11N3O4/c1-2-19-12(18)10(7-13)15-14-9-6-4-3-5-8(9)11(16)17/h3-6,13H,2H2,1H3,(H,16,17). The third-order valence-electron chi connectivity index (χ3n) is 1.98. The molecule has 0 aromatic heterocycles. The topological polar surface area (TPSA) is 112 Å². The highest BCUT2D eigenvalue weighted by atomic mass is 16.5. The lowest BCUT2D eigenvalue weighted by atomic mass is 10.2. The molecule has 0 aliphatic heterocycles. The summed E-state index contributed by atoms with van der Waals surface area (Å²) in [6.07, 6.45) is 0. The Bertz CT molecular complexity index is 574. The van der Waals surface area contributed by atoms with Crippen LogP contribution in [0.4, 0.5) is 5.69 Å². The Morgan fingerprint density at radius 2 is 2.11 bits per heavy atom. The van der Waals surface area contributed by atoms with Crippen molar-refractivity contribution in [1.82, 2.24) is 0 Å². The summed E-state index contributed by atoms with van der Waals surface area (Å²) in [7, 11) is 0. The minimum Gasteiger partial charge on any atom is -0.478 e. The van der Waals surface area contributed by atoms with Crippen molar-refractivity contribution in [3.05, 3.63) is 35.5 Å². The van der Waals surface area contributed by atoms with Crippen LogP contribution in [-0.4, -0.2) is 29.5 Å². The fourth-order valence-corrected chi connectivity index (χ4v) is 1.16. The number of esters is 1. The SMILES string of the molecule is CCOC(=O)C(=C=N)N=Nc1ccccc1C(=O)O. The molecule has 1 aromatic carbocycles. The second-order valence-corrected chi connectivity index (χ2v) is 3.22. The number of carbonyl (C=O) groups excluding carboxylic acids is 1. The van der Waals surface area contributed by atoms with Crippen molar-refractivity contribution in [2.45, 2.75) is 6.92 Å². The molecule has 19 heavy (non-hydrogen) atoms. The normalized spacial score (nSPS) is 9.95. The maximum atomic E-state index is 11.3. The molecule has 0 heterocycles. The Hall–Kier alpha value is -2.79. The van der Waals surface area contributed by atoms with Gasteiger partial charge in [0, 0.05) is 5.87 Å². The number of carbonyl (C=O) groups is 2. The van der Waals surface area contributed by atoms with Gasteiger partial charge in [-0.05, 0) is 19.1 Å². The molecule has 0 atom stereocenters.